The van der Waals surface area contributed by atoms with Crippen molar-refractivity contribution in [3.8, 4) is 0 Å². The molecule has 3 rings (SSSR count). The molecular weight excluding hydrogens is 312 g/mol. The second kappa shape index (κ2) is 7.70. The number of aliphatic hydroxyl groups is 1. The molecule has 0 amide bonds. The molecule has 1 fully saturated rings. The number of anilines is 2. The van der Waals surface area contributed by atoms with Crippen molar-refractivity contribution >= 4 is 23.4 Å². The first-order valence-corrected chi connectivity index (χ1v) is 9.00. The summed E-state index contributed by atoms with van der Waals surface area (Å²) in [5, 5.41) is 13.5. The molecular formula is C16H22N4O2S. The van der Waals surface area contributed by atoms with Crippen LogP contribution in [0.5, 0.6) is 0 Å². The fourth-order valence-electron chi connectivity index (χ4n) is 2.63. The van der Waals surface area contributed by atoms with Crippen LogP contribution in [0.2, 0.25) is 0 Å². The van der Waals surface area contributed by atoms with Crippen LogP contribution in [0.4, 0.5) is 11.6 Å². The van der Waals surface area contributed by atoms with E-state index in [0.29, 0.717) is 12.2 Å². The topological polar surface area (TPSA) is 74.4 Å². The van der Waals surface area contributed by atoms with Gasteiger partial charge in [-0.3, -0.25) is 0 Å². The first-order chi connectivity index (χ1) is 11.2. The standard InChI is InChI=1S/C16H22N4O2S/c1-12(9-13(21)14-3-2-6-22-14)19-15-10-16(18-11-17-15)20-4-7-23-8-5-20/h2-3,6,10-13,21H,4-5,7-9H2,1H3,(H,17,18,19)/t12-,13-/m1/s1. The Kier molecular flexibility index (Phi) is 5.40. The first-order valence-electron chi connectivity index (χ1n) is 7.85. The van der Waals surface area contributed by atoms with E-state index in [0.717, 1.165) is 36.2 Å². The highest BCUT2D eigenvalue weighted by atomic mass is 32.2. The molecule has 3 heterocycles. The quantitative estimate of drug-likeness (QED) is 0.841. The van der Waals surface area contributed by atoms with Crippen molar-refractivity contribution in [3.63, 3.8) is 0 Å². The van der Waals surface area contributed by atoms with Crippen molar-refractivity contribution in [3.05, 3.63) is 36.5 Å². The summed E-state index contributed by atoms with van der Waals surface area (Å²) in [5.74, 6) is 4.61. The van der Waals surface area contributed by atoms with Gasteiger partial charge in [0.2, 0.25) is 0 Å². The van der Waals surface area contributed by atoms with E-state index in [1.807, 2.05) is 24.8 Å². The van der Waals surface area contributed by atoms with E-state index in [1.165, 1.54) is 0 Å². The summed E-state index contributed by atoms with van der Waals surface area (Å²) in [6.45, 7) is 4.06. The van der Waals surface area contributed by atoms with E-state index in [2.05, 4.69) is 20.2 Å². The van der Waals surface area contributed by atoms with Crippen LogP contribution in [-0.4, -0.2) is 45.7 Å². The highest BCUT2D eigenvalue weighted by Gasteiger charge is 2.16. The van der Waals surface area contributed by atoms with Crippen LogP contribution in [0.1, 0.15) is 25.2 Å². The van der Waals surface area contributed by atoms with Gasteiger partial charge in [0, 0.05) is 43.1 Å². The average Bonchev–Trinajstić information content (AvgIpc) is 3.10. The number of aromatic nitrogens is 2. The lowest BCUT2D eigenvalue weighted by molar-refractivity contribution is 0.136. The van der Waals surface area contributed by atoms with Gasteiger partial charge >= 0.3 is 0 Å². The third kappa shape index (κ3) is 4.39. The normalized spacial score (nSPS) is 17.7. The third-order valence-electron chi connectivity index (χ3n) is 3.83. The Bertz CT molecular complexity index is 602. The van der Waals surface area contributed by atoms with Crippen LogP contribution in [0, 0.1) is 0 Å². The van der Waals surface area contributed by atoms with Crippen LogP contribution in [-0.2, 0) is 0 Å². The molecule has 23 heavy (non-hydrogen) atoms. The number of nitrogens with one attached hydrogen (secondary N) is 1. The van der Waals surface area contributed by atoms with Gasteiger partial charge in [-0.15, -0.1) is 0 Å². The number of rotatable bonds is 6. The summed E-state index contributed by atoms with van der Waals surface area (Å²) < 4.78 is 5.23. The van der Waals surface area contributed by atoms with Crippen molar-refractivity contribution in [1.29, 1.82) is 0 Å². The number of furan rings is 1. The average molecular weight is 334 g/mol. The second-order valence-electron chi connectivity index (χ2n) is 5.67. The van der Waals surface area contributed by atoms with Crippen LogP contribution in [0.15, 0.2) is 35.2 Å². The van der Waals surface area contributed by atoms with Crippen LogP contribution in [0.25, 0.3) is 0 Å². The van der Waals surface area contributed by atoms with Crippen molar-refractivity contribution in [2.75, 3.05) is 34.8 Å². The highest BCUT2D eigenvalue weighted by Crippen LogP contribution is 2.22. The van der Waals surface area contributed by atoms with Crippen molar-refractivity contribution in [1.82, 2.24) is 9.97 Å². The lowest BCUT2D eigenvalue weighted by atomic mass is 10.1. The predicted molar refractivity (Wildman–Crippen MR) is 92.9 cm³/mol. The molecule has 124 valence electrons. The number of thioether (sulfide) groups is 1. The molecule has 0 saturated carbocycles. The smallest absolute Gasteiger partial charge is 0.134 e. The van der Waals surface area contributed by atoms with E-state index in [-0.39, 0.29) is 6.04 Å². The van der Waals surface area contributed by atoms with Gasteiger partial charge in [-0.2, -0.15) is 11.8 Å². The Morgan fingerprint density at radius 2 is 2.22 bits per heavy atom. The fraction of sp³-hybridized carbons (Fsp3) is 0.500. The Hall–Kier alpha value is -1.73. The number of hydrogen-bond acceptors (Lipinski definition) is 7. The zero-order valence-electron chi connectivity index (χ0n) is 13.2. The fourth-order valence-corrected chi connectivity index (χ4v) is 3.54. The number of aliphatic hydroxyl groups excluding tert-OH is 1. The molecule has 2 N–H and O–H groups in total. The lowest BCUT2D eigenvalue weighted by Crippen LogP contribution is -2.33. The second-order valence-corrected chi connectivity index (χ2v) is 6.90. The van der Waals surface area contributed by atoms with Gasteiger partial charge in [0.1, 0.15) is 29.8 Å². The monoisotopic (exact) mass is 334 g/mol. The Labute approximate surface area is 140 Å². The third-order valence-corrected chi connectivity index (χ3v) is 4.77. The van der Waals surface area contributed by atoms with Gasteiger partial charge in [0.15, 0.2) is 0 Å². The molecule has 1 saturated heterocycles. The summed E-state index contributed by atoms with van der Waals surface area (Å²) in [6, 6.07) is 5.61. The van der Waals surface area contributed by atoms with Crippen LogP contribution in [0.3, 0.4) is 0 Å². The number of hydrogen-bond donors (Lipinski definition) is 2. The van der Waals surface area contributed by atoms with Gasteiger partial charge < -0.3 is 19.7 Å². The minimum atomic E-state index is -0.618. The molecule has 0 spiro atoms. The van der Waals surface area contributed by atoms with Crippen LogP contribution < -0.4 is 10.2 Å². The first kappa shape index (κ1) is 16.1. The summed E-state index contributed by atoms with van der Waals surface area (Å²) in [6.07, 6.45) is 3.10. The van der Waals surface area contributed by atoms with E-state index in [9.17, 15) is 5.11 Å². The molecule has 2 aromatic heterocycles. The molecule has 1 aliphatic heterocycles. The van der Waals surface area contributed by atoms with Gasteiger partial charge in [-0.1, -0.05) is 0 Å². The summed E-state index contributed by atoms with van der Waals surface area (Å²) in [5.41, 5.74) is 0. The van der Waals surface area contributed by atoms with Crippen molar-refractivity contribution in [2.45, 2.75) is 25.5 Å². The molecule has 0 aliphatic carbocycles. The van der Waals surface area contributed by atoms with Crippen molar-refractivity contribution < 1.29 is 9.52 Å². The molecule has 0 radical (unpaired) electrons. The van der Waals surface area contributed by atoms with Gasteiger partial charge in [-0.05, 0) is 19.1 Å². The van der Waals surface area contributed by atoms with E-state index in [4.69, 9.17) is 4.42 Å². The van der Waals surface area contributed by atoms with E-state index in [1.54, 1.807) is 24.7 Å². The van der Waals surface area contributed by atoms with Gasteiger partial charge in [0.05, 0.1) is 6.26 Å². The van der Waals surface area contributed by atoms with Gasteiger partial charge in [-0.25, -0.2) is 9.97 Å². The predicted octanol–water partition coefficient (Wildman–Crippen LogP) is 2.55. The van der Waals surface area contributed by atoms with Crippen LogP contribution >= 0.6 is 11.8 Å². The largest absolute Gasteiger partial charge is 0.467 e. The molecule has 2 aromatic rings. The maximum absolute atomic E-state index is 10.1. The lowest BCUT2D eigenvalue weighted by Gasteiger charge is -2.27. The summed E-state index contributed by atoms with van der Waals surface area (Å²) in [4.78, 5) is 10.9. The van der Waals surface area contributed by atoms with E-state index >= 15 is 0 Å². The molecule has 0 unspecified atom stereocenters. The molecule has 0 bridgehead atoms. The molecule has 1 aliphatic rings. The zero-order valence-corrected chi connectivity index (χ0v) is 14.0. The Balaban J connectivity index is 1.58. The summed E-state index contributed by atoms with van der Waals surface area (Å²) >= 11 is 1.98. The minimum Gasteiger partial charge on any atom is -0.467 e. The Morgan fingerprint density at radius 1 is 1.39 bits per heavy atom. The molecule has 0 aromatic carbocycles. The number of nitrogens with zero attached hydrogens (tertiary/aromatic N) is 3. The summed E-state index contributed by atoms with van der Waals surface area (Å²) in [7, 11) is 0. The molecule has 7 heteroatoms. The minimum absolute atomic E-state index is 0.0646. The molecule has 2 atom stereocenters. The van der Waals surface area contributed by atoms with Gasteiger partial charge in [0.25, 0.3) is 0 Å². The maximum Gasteiger partial charge on any atom is 0.134 e. The highest BCUT2D eigenvalue weighted by molar-refractivity contribution is 7.99. The van der Waals surface area contributed by atoms with Crippen molar-refractivity contribution in [2.24, 2.45) is 0 Å². The maximum atomic E-state index is 10.1. The van der Waals surface area contributed by atoms with E-state index < -0.39 is 6.10 Å². The molecule has 6 nitrogen and oxygen atoms in total. The SMILES string of the molecule is C[C@H](C[C@@H](O)c1ccco1)Nc1cc(N2CCSCC2)ncn1. The Morgan fingerprint density at radius 3 is 2.96 bits per heavy atom. The zero-order chi connectivity index (χ0) is 16.1.